The maximum absolute atomic E-state index is 12.0. The van der Waals surface area contributed by atoms with Gasteiger partial charge in [-0.05, 0) is 24.5 Å². The molecule has 0 aliphatic carbocycles. The van der Waals surface area contributed by atoms with Gasteiger partial charge in [-0.25, -0.2) is 9.78 Å². The van der Waals surface area contributed by atoms with Crippen molar-refractivity contribution < 1.29 is 9.53 Å². The van der Waals surface area contributed by atoms with Gasteiger partial charge in [0.2, 0.25) is 0 Å². The number of pyridine rings is 1. The maximum Gasteiger partial charge on any atom is 0.341 e. The number of esters is 1. The van der Waals surface area contributed by atoms with E-state index in [0.717, 1.165) is 19.4 Å². The summed E-state index contributed by atoms with van der Waals surface area (Å²) in [6.45, 7) is 0.859. The fraction of sp³-hybridized carbons (Fsp3) is 0.294. The quantitative estimate of drug-likeness (QED) is 0.806. The zero-order valence-corrected chi connectivity index (χ0v) is 13.1. The number of ether oxygens (including phenoxy) is 1. The summed E-state index contributed by atoms with van der Waals surface area (Å²) in [5, 5.41) is 0.430. The molecule has 5 heteroatoms. The fourth-order valence-corrected chi connectivity index (χ4v) is 3.12. The molecule has 0 N–H and O–H groups in total. The van der Waals surface area contributed by atoms with Crippen molar-refractivity contribution in [1.29, 1.82) is 0 Å². The van der Waals surface area contributed by atoms with E-state index in [2.05, 4.69) is 22.0 Å². The smallest absolute Gasteiger partial charge is 0.341 e. The number of carbonyl (C=O) groups excluding carboxylic acids is 1. The van der Waals surface area contributed by atoms with Crippen LogP contribution in [-0.2, 0) is 4.74 Å². The van der Waals surface area contributed by atoms with Crippen LogP contribution in [0.25, 0.3) is 0 Å². The van der Waals surface area contributed by atoms with Crippen LogP contribution < -0.4 is 4.90 Å². The molecule has 0 radical (unpaired) electrons. The van der Waals surface area contributed by atoms with E-state index in [-0.39, 0.29) is 6.04 Å². The van der Waals surface area contributed by atoms with Crippen LogP contribution in [0.2, 0.25) is 5.02 Å². The van der Waals surface area contributed by atoms with Crippen molar-refractivity contribution in [3.05, 3.63) is 58.7 Å². The molecule has 1 aromatic heterocycles. The Morgan fingerprint density at radius 1 is 1.36 bits per heavy atom. The Morgan fingerprint density at radius 3 is 2.86 bits per heavy atom. The van der Waals surface area contributed by atoms with Gasteiger partial charge in [-0.2, -0.15) is 0 Å². The molecule has 1 aliphatic rings. The fourth-order valence-electron chi connectivity index (χ4n) is 2.96. The van der Waals surface area contributed by atoms with Crippen LogP contribution in [0.15, 0.2) is 42.6 Å². The van der Waals surface area contributed by atoms with Crippen LogP contribution >= 0.6 is 11.6 Å². The highest BCUT2D eigenvalue weighted by atomic mass is 35.5. The van der Waals surface area contributed by atoms with E-state index in [1.807, 2.05) is 18.2 Å². The molecule has 1 fully saturated rings. The predicted octanol–water partition coefficient (Wildman–Crippen LogP) is 3.86. The molecule has 0 saturated carbocycles. The number of carbonyl (C=O) groups is 1. The van der Waals surface area contributed by atoms with Crippen LogP contribution in [0.4, 0.5) is 5.82 Å². The Labute approximate surface area is 134 Å². The molecule has 114 valence electrons. The molecule has 0 bridgehead atoms. The van der Waals surface area contributed by atoms with E-state index in [1.165, 1.54) is 12.7 Å². The average Bonchev–Trinajstić information content (AvgIpc) is 3.04. The van der Waals surface area contributed by atoms with Crippen LogP contribution in [0.5, 0.6) is 0 Å². The lowest BCUT2D eigenvalue weighted by molar-refractivity contribution is 0.0601. The number of anilines is 1. The maximum atomic E-state index is 12.0. The van der Waals surface area contributed by atoms with Crippen LogP contribution in [-0.4, -0.2) is 24.6 Å². The summed E-state index contributed by atoms with van der Waals surface area (Å²) < 4.78 is 4.87. The minimum atomic E-state index is -0.413. The van der Waals surface area contributed by atoms with E-state index >= 15 is 0 Å². The van der Waals surface area contributed by atoms with Crippen LogP contribution in [0, 0.1) is 0 Å². The molecule has 1 aliphatic heterocycles. The Morgan fingerprint density at radius 2 is 2.14 bits per heavy atom. The molecule has 0 unspecified atom stereocenters. The predicted molar refractivity (Wildman–Crippen MR) is 86.3 cm³/mol. The van der Waals surface area contributed by atoms with E-state index in [4.69, 9.17) is 16.3 Å². The lowest BCUT2D eigenvalue weighted by atomic mass is 10.0. The monoisotopic (exact) mass is 316 g/mol. The third-order valence-electron chi connectivity index (χ3n) is 3.95. The van der Waals surface area contributed by atoms with Gasteiger partial charge < -0.3 is 9.64 Å². The lowest BCUT2D eigenvalue weighted by Gasteiger charge is -2.27. The molecule has 2 aromatic rings. The number of benzene rings is 1. The number of hydrogen-bond donors (Lipinski definition) is 0. The standard InChI is InChI=1S/C17H17ClN2O2/c1-22-17(21)14-10-13(18)11-19-16(14)20-9-5-8-15(20)12-6-3-2-4-7-12/h2-4,6-7,10-11,15H,5,8-9H2,1H3/t15-/m0/s1. The Hall–Kier alpha value is -2.07. The molecule has 1 aromatic carbocycles. The molecule has 0 amide bonds. The number of rotatable bonds is 3. The third kappa shape index (κ3) is 2.79. The van der Waals surface area contributed by atoms with Crippen LogP contribution in [0.3, 0.4) is 0 Å². The molecule has 2 heterocycles. The SMILES string of the molecule is COC(=O)c1cc(Cl)cnc1N1CCC[C@H]1c1ccccc1. The second kappa shape index (κ2) is 6.36. The molecule has 22 heavy (non-hydrogen) atoms. The zero-order chi connectivity index (χ0) is 15.5. The largest absolute Gasteiger partial charge is 0.465 e. The van der Waals surface area contributed by atoms with Crippen molar-refractivity contribution in [2.24, 2.45) is 0 Å². The van der Waals surface area contributed by atoms with Gasteiger partial charge in [-0.3, -0.25) is 0 Å². The van der Waals surface area contributed by atoms with Crippen molar-refractivity contribution in [2.75, 3.05) is 18.6 Å². The summed E-state index contributed by atoms with van der Waals surface area (Å²) >= 11 is 5.99. The van der Waals surface area contributed by atoms with Crippen molar-refractivity contribution in [1.82, 2.24) is 4.98 Å². The first-order valence-corrected chi connectivity index (χ1v) is 7.64. The van der Waals surface area contributed by atoms with Gasteiger partial charge in [-0.15, -0.1) is 0 Å². The molecule has 0 spiro atoms. The average molecular weight is 317 g/mol. The Balaban J connectivity index is 2.01. The van der Waals surface area contributed by atoms with Gasteiger partial charge >= 0.3 is 5.97 Å². The lowest BCUT2D eigenvalue weighted by Crippen LogP contribution is -2.26. The molecular formula is C17H17ClN2O2. The van der Waals surface area contributed by atoms with Crippen molar-refractivity contribution in [3.8, 4) is 0 Å². The van der Waals surface area contributed by atoms with Gasteiger partial charge in [0.25, 0.3) is 0 Å². The van der Waals surface area contributed by atoms with E-state index in [9.17, 15) is 4.79 Å². The van der Waals surface area contributed by atoms with Crippen molar-refractivity contribution in [3.63, 3.8) is 0 Å². The minimum Gasteiger partial charge on any atom is -0.465 e. The van der Waals surface area contributed by atoms with Crippen molar-refractivity contribution in [2.45, 2.75) is 18.9 Å². The molecular weight excluding hydrogens is 300 g/mol. The van der Waals surface area contributed by atoms with Gasteiger partial charge in [0.1, 0.15) is 11.4 Å². The summed E-state index contributed by atoms with van der Waals surface area (Å²) in [6, 6.07) is 12.1. The number of halogens is 1. The molecule has 1 saturated heterocycles. The third-order valence-corrected chi connectivity index (χ3v) is 4.15. The highest BCUT2D eigenvalue weighted by Crippen LogP contribution is 2.37. The van der Waals surface area contributed by atoms with Gasteiger partial charge in [0, 0.05) is 12.7 Å². The number of hydrogen-bond acceptors (Lipinski definition) is 4. The molecule has 1 atom stereocenters. The summed E-state index contributed by atoms with van der Waals surface area (Å²) in [5.74, 6) is 0.228. The molecule has 4 nitrogen and oxygen atoms in total. The summed E-state index contributed by atoms with van der Waals surface area (Å²) in [6.07, 6.45) is 3.67. The first-order valence-electron chi connectivity index (χ1n) is 7.26. The summed E-state index contributed by atoms with van der Waals surface area (Å²) in [5.41, 5.74) is 1.64. The number of nitrogens with zero attached hydrogens (tertiary/aromatic N) is 2. The number of aromatic nitrogens is 1. The minimum absolute atomic E-state index is 0.221. The second-order valence-corrected chi connectivity index (χ2v) is 5.71. The van der Waals surface area contributed by atoms with E-state index < -0.39 is 5.97 Å². The van der Waals surface area contributed by atoms with E-state index in [0.29, 0.717) is 16.4 Å². The Bertz CT molecular complexity index is 676. The topological polar surface area (TPSA) is 42.4 Å². The normalized spacial score (nSPS) is 17.5. The van der Waals surface area contributed by atoms with Gasteiger partial charge in [0.05, 0.1) is 18.2 Å². The highest BCUT2D eigenvalue weighted by Gasteiger charge is 2.30. The first-order chi connectivity index (χ1) is 10.7. The van der Waals surface area contributed by atoms with E-state index in [1.54, 1.807) is 12.3 Å². The summed E-state index contributed by atoms with van der Waals surface area (Å²) in [7, 11) is 1.37. The Kier molecular flexibility index (Phi) is 4.29. The first kappa shape index (κ1) is 14.9. The van der Waals surface area contributed by atoms with Crippen LogP contribution in [0.1, 0.15) is 34.8 Å². The molecule has 3 rings (SSSR count). The second-order valence-electron chi connectivity index (χ2n) is 5.28. The zero-order valence-electron chi connectivity index (χ0n) is 12.3. The summed E-state index contributed by atoms with van der Waals surface area (Å²) in [4.78, 5) is 18.6. The van der Waals surface area contributed by atoms with Crippen molar-refractivity contribution >= 4 is 23.4 Å². The van der Waals surface area contributed by atoms with Gasteiger partial charge in [-0.1, -0.05) is 41.9 Å². The number of methoxy groups -OCH3 is 1. The highest BCUT2D eigenvalue weighted by molar-refractivity contribution is 6.30. The van der Waals surface area contributed by atoms with Gasteiger partial charge in [0.15, 0.2) is 0 Å².